The average molecular weight is 584 g/mol. The maximum Gasteiger partial charge on any atom is 0.267 e. The highest BCUT2D eigenvalue weighted by molar-refractivity contribution is 8.26. The Morgan fingerprint density at radius 2 is 1.61 bits per heavy atom. The van der Waals surface area contributed by atoms with Gasteiger partial charge < -0.3 is 9.64 Å². The molecule has 4 heterocycles. The molecule has 41 heavy (non-hydrogen) atoms. The number of carbonyl (C=O) groups is 1. The molecule has 6 rings (SSSR count). The van der Waals surface area contributed by atoms with Gasteiger partial charge in [-0.2, -0.15) is 0 Å². The number of nitrogens with zero attached hydrogens (tertiary/aromatic N) is 5. The van der Waals surface area contributed by atoms with E-state index in [-0.39, 0.29) is 11.5 Å². The van der Waals surface area contributed by atoms with Crippen LogP contribution >= 0.6 is 24.0 Å². The average Bonchev–Trinajstić information content (AvgIpc) is 3.27. The number of hydrogen-bond donors (Lipinski definition) is 0. The zero-order chi connectivity index (χ0) is 28.3. The van der Waals surface area contributed by atoms with Crippen LogP contribution in [0.5, 0.6) is 5.75 Å². The molecule has 2 saturated heterocycles. The van der Waals surface area contributed by atoms with E-state index in [0.29, 0.717) is 32.8 Å². The highest BCUT2D eigenvalue weighted by Gasteiger charge is 2.33. The molecule has 0 saturated carbocycles. The van der Waals surface area contributed by atoms with E-state index in [1.165, 1.54) is 21.7 Å². The van der Waals surface area contributed by atoms with Crippen molar-refractivity contribution in [2.24, 2.45) is 0 Å². The molecule has 0 aliphatic carbocycles. The molecule has 10 heteroatoms. The first kappa shape index (κ1) is 27.2. The van der Waals surface area contributed by atoms with Crippen LogP contribution in [0.15, 0.2) is 88.7 Å². The third-order valence-electron chi connectivity index (χ3n) is 7.32. The lowest BCUT2D eigenvalue weighted by Crippen LogP contribution is -2.47. The van der Waals surface area contributed by atoms with Gasteiger partial charge in [-0.25, -0.2) is 4.98 Å². The summed E-state index contributed by atoms with van der Waals surface area (Å²) in [5.74, 6) is 1.13. The van der Waals surface area contributed by atoms with Gasteiger partial charge in [0.1, 0.15) is 21.5 Å². The molecule has 2 aromatic carbocycles. The van der Waals surface area contributed by atoms with E-state index in [9.17, 15) is 9.59 Å². The fourth-order valence-corrected chi connectivity index (χ4v) is 6.34. The molecule has 0 unspecified atom stereocenters. The molecule has 0 N–H and O–H groups in total. The molecule has 2 aliphatic rings. The minimum absolute atomic E-state index is 0.210. The summed E-state index contributed by atoms with van der Waals surface area (Å²) in [6, 6.07) is 23.5. The number of ether oxygens (including phenoxy) is 1. The Kier molecular flexibility index (Phi) is 7.86. The number of aromatic nitrogens is 2. The Morgan fingerprint density at radius 1 is 0.902 bits per heavy atom. The predicted octanol–water partition coefficient (Wildman–Crippen LogP) is 4.43. The molecule has 1 amide bonds. The first-order valence-electron chi connectivity index (χ1n) is 13.4. The van der Waals surface area contributed by atoms with Gasteiger partial charge >= 0.3 is 0 Å². The normalized spacial score (nSPS) is 17.1. The second kappa shape index (κ2) is 11.9. The zero-order valence-electron chi connectivity index (χ0n) is 22.6. The van der Waals surface area contributed by atoms with Gasteiger partial charge in [0.05, 0.1) is 24.1 Å². The molecular formula is C31H29N5O3S2. The number of piperazine rings is 1. The number of pyridine rings is 1. The van der Waals surface area contributed by atoms with Crippen molar-refractivity contribution in [2.45, 2.75) is 13.1 Å². The topological polar surface area (TPSA) is 70.4 Å². The number of fused-ring (bicyclic) bond motifs is 1. The summed E-state index contributed by atoms with van der Waals surface area (Å²) in [4.78, 5) is 38.7. The van der Waals surface area contributed by atoms with Crippen molar-refractivity contribution >= 4 is 51.7 Å². The summed E-state index contributed by atoms with van der Waals surface area (Å²) < 4.78 is 7.22. The summed E-state index contributed by atoms with van der Waals surface area (Å²) in [5, 5.41) is 0. The van der Waals surface area contributed by atoms with Gasteiger partial charge in [0.15, 0.2) is 0 Å². The molecule has 8 nitrogen and oxygen atoms in total. The molecule has 0 radical (unpaired) electrons. The van der Waals surface area contributed by atoms with Crippen LogP contribution in [0.1, 0.15) is 16.7 Å². The van der Waals surface area contributed by atoms with E-state index in [1.807, 2.05) is 42.5 Å². The second-order valence-corrected chi connectivity index (χ2v) is 11.6. The number of thiocarbonyl (C=S) groups is 1. The van der Waals surface area contributed by atoms with E-state index >= 15 is 0 Å². The lowest BCUT2D eigenvalue weighted by Gasteiger charge is -2.36. The van der Waals surface area contributed by atoms with Crippen LogP contribution in [0.25, 0.3) is 11.7 Å². The minimum atomic E-state index is -0.216. The summed E-state index contributed by atoms with van der Waals surface area (Å²) in [7, 11) is 1.62. The van der Waals surface area contributed by atoms with Crippen LogP contribution in [0.3, 0.4) is 0 Å². The van der Waals surface area contributed by atoms with Crippen LogP contribution < -0.4 is 15.2 Å². The number of anilines is 1. The zero-order valence-corrected chi connectivity index (χ0v) is 24.2. The highest BCUT2D eigenvalue weighted by Crippen LogP contribution is 2.35. The number of carbonyl (C=O) groups excluding carboxylic acids is 1. The van der Waals surface area contributed by atoms with Crippen LogP contribution in [-0.4, -0.2) is 62.7 Å². The number of benzene rings is 2. The summed E-state index contributed by atoms with van der Waals surface area (Å²) in [5.41, 5.74) is 2.97. The number of thioether (sulfide) groups is 1. The van der Waals surface area contributed by atoms with Gasteiger partial charge in [0, 0.05) is 38.9 Å². The van der Waals surface area contributed by atoms with Crippen molar-refractivity contribution in [1.82, 2.24) is 19.2 Å². The first-order chi connectivity index (χ1) is 20.0. The standard InChI is InChI=1S/C31H29N5O3S2/c1-39-24-12-10-23(11-13-24)21-36-30(38)26(41-31(36)40)19-25-28(32-27-9-5-6-14-35(27)29(25)37)34-17-15-33(16-18-34)20-22-7-3-2-4-8-22/h2-14,19H,15-18,20-21H2,1H3/b26-19-. The van der Waals surface area contributed by atoms with Gasteiger partial charge in [-0.15, -0.1) is 0 Å². The lowest BCUT2D eigenvalue weighted by molar-refractivity contribution is -0.122. The number of rotatable bonds is 7. The smallest absolute Gasteiger partial charge is 0.267 e. The SMILES string of the molecule is COc1ccc(CN2C(=O)/C(=C/c3c(N4CCN(Cc5ccccc5)CC4)nc4ccccn4c3=O)SC2=S)cc1. The summed E-state index contributed by atoms with van der Waals surface area (Å²) in [6.07, 6.45) is 3.38. The van der Waals surface area contributed by atoms with Crippen molar-refractivity contribution in [1.29, 1.82) is 0 Å². The Morgan fingerprint density at radius 3 is 2.34 bits per heavy atom. The Labute approximate surface area is 247 Å². The van der Waals surface area contributed by atoms with E-state index in [0.717, 1.165) is 44.0 Å². The van der Waals surface area contributed by atoms with Gasteiger partial charge in [-0.3, -0.25) is 23.8 Å². The lowest BCUT2D eigenvalue weighted by atomic mass is 10.1. The number of hydrogen-bond acceptors (Lipinski definition) is 8. The molecule has 208 valence electrons. The maximum atomic E-state index is 13.8. The van der Waals surface area contributed by atoms with Crippen LogP contribution in [0.2, 0.25) is 0 Å². The van der Waals surface area contributed by atoms with Crippen molar-refractivity contribution in [3.05, 3.63) is 111 Å². The fourth-order valence-electron chi connectivity index (χ4n) is 5.10. The molecule has 4 aromatic rings. The van der Waals surface area contributed by atoms with E-state index in [1.54, 1.807) is 30.3 Å². The van der Waals surface area contributed by atoms with Gasteiger partial charge in [-0.05, 0) is 41.5 Å². The minimum Gasteiger partial charge on any atom is -0.497 e. The quantitative estimate of drug-likeness (QED) is 0.234. The predicted molar refractivity (Wildman–Crippen MR) is 167 cm³/mol. The molecule has 2 aliphatic heterocycles. The number of methoxy groups -OCH3 is 1. The van der Waals surface area contributed by atoms with Crippen LogP contribution in [-0.2, 0) is 17.9 Å². The molecular weight excluding hydrogens is 555 g/mol. The van der Waals surface area contributed by atoms with Crippen molar-refractivity contribution < 1.29 is 9.53 Å². The summed E-state index contributed by atoms with van der Waals surface area (Å²) in [6.45, 7) is 4.36. The largest absolute Gasteiger partial charge is 0.497 e. The molecule has 2 fully saturated rings. The monoisotopic (exact) mass is 583 g/mol. The molecule has 0 spiro atoms. The van der Waals surface area contributed by atoms with Crippen molar-refractivity contribution in [3.8, 4) is 5.75 Å². The van der Waals surface area contributed by atoms with E-state index in [4.69, 9.17) is 21.9 Å². The first-order valence-corrected chi connectivity index (χ1v) is 14.6. The van der Waals surface area contributed by atoms with E-state index in [2.05, 4.69) is 34.1 Å². The summed E-state index contributed by atoms with van der Waals surface area (Å²) >= 11 is 6.80. The molecule has 2 aromatic heterocycles. The Bertz CT molecular complexity index is 1680. The van der Waals surface area contributed by atoms with Crippen molar-refractivity contribution in [3.63, 3.8) is 0 Å². The Balaban J connectivity index is 1.28. The van der Waals surface area contributed by atoms with Crippen molar-refractivity contribution in [2.75, 3.05) is 38.2 Å². The van der Waals surface area contributed by atoms with Gasteiger partial charge in [0.2, 0.25) is 0 Å². The highest BCUT2D eigenvalue weighted by atomic mass is 32.2. The van der Waals surface area contributed by atoms with E-state index < -0.39 is 0 Å². The fraction of sp³-hybridized carbons (Fsp3) is 0.226. The molecule has 0 bridgehead atoms. The third-order valence-corrected chi connectivity index (χ3v) is 8.70. The Hall–Kier alpha value is -3.99. The molecule has 0 atom stereocenters. The number of amides is 1. The van der Waals surface area contributed by atoms with Crippen LogP contribution in [0, 0.1) is 0 Å². The van der Waals surface area contributed by atoms with Crippen LogP contribution in [0.4, 0.5) is 5.82 Å². The maximum absolute atomic E-state index is 13.8. The second-order valence-electron chi connectivity index (χ2n) is 9.95. The van der Waals surface area contributed by atoms with Gasteiger partial charge in [-0.1, -0.05) is 72.5 Å². The van der Waals surface area contributed by atoms with Gasteiger partial charge in [0.25, 0.3) is 11.5 Å². The third kappa shape index (κ3) is 5.76.